The fourth-order valence-corrected chi connectivity index (χ4v) is 4.54. The van der Waals surface area contributed by atoms with Crippen molar-refractivity contribution in [1.29, 1.82) is 0 Å². The SMILES string of the molecule is COc1cc(C(=O)NCC(=O)NN=Cc2cc(Br)cc(Br)c2OC(=O)c2ccccc2)cc(OC)c1OC. The normalized spacial score (nSPS) is 10.6. The molecule has 198 valence electrons. The summed E-state index contributed by atoms with van der Waals surface area (Å²) in [5, 5.41) is 6.43. The van der Waals surface area contributed by atoms with Crippen LogP contribution in [-0.4, -0.2) is 51.9 Å². The molecule has 12 heteroatoms. The van der Waals surface area contributed by atoms with Crippen LogP contribution < -0.4 is 29.7 Å². The molecule has 0 radical (unpaired) electrons. The number of carbonyl (C=O) groups excluding carboxylic acids is 3. The molecular weight excluding hydrogens is 626 g/mol. The summed E-state index contributed by atoms with van der Waals surface area (Å²) in [4.78, 5) is 37.4. The number of hydrogen-bond acceptors (Lipinski definition) is 8. The van der Waals surface area contributed by atoms with Crippen molar-refractivity contribution in [3.8, 4) is 23.0 Å². The molecule has 0 fully saturated rings. The van der Waals surface area contributed by atoms with Gasteiger partial charge in [0.05, 0.1) is 44.1 Å². The van der Waals surface area contributed by atoms with Crippen LogP contribution >= 0.6 is 31.9 Å². The Morgan fingerprint density at radius 3 is 2.13 bits per heavy atom. The molecule has 0 aliphatic heterocycles. The molecule has 38 heavy (non-hydrogen) atoms. The topological polar surface area (TPSA) is 125 Å². The van der Waals surface area contributed by atoms with Crippen molar-refractivity contribution in [2.75, 3.05) is 27.9 Å². The van der Waals surface area contributed by atoms with E-state index in [1.807, 2.05) is 0 Å². The van der Waals surface area contributed by atoms with Gasteiger partial charge in [-0.1, -0.05) is 34.1 Å². The number of halogens is 2. The van der Waals surface area contributed by atoms with Gasteiger partial charge in [-0.05, 0) is 52.3 Å². The van der Waals surface area contributed by atoms with E-state index in [-0.39, 0.29) is 17.9 Å². The van der Waals surface area contributed by atoms with Crippen LogP contribution in [-0.2, 0) is 4.79 Å². The van der Waals surface area contributed by atoms with Gasteiger partial charge in [0.1, 0.15) is 0 Å². The summed E-state index contributed by atoms with van der Waals surface area (Å²) in [7, 11) is 4.32. The maximum atomic E-state index is 12.6. The van der Waals surface area contributed by atoms with Crippen molar-refractivity contribution in [2.24, 2.45) is 5.10 Å². The van der Waals surface area contributed by atoms with E-state index in [1.165, 1.54) is 39.7 Å². The Balaban J connectivity index is 1.65. The minimum Gasteiger partial charge on any atom is -0.493 e. The first kappa shape index (κ1) is 28.7. The van der Waals surface area contributed by atoms with Crippen LogP contribution in [0.2, 0.25) is 0 Å². The molecule has 2 N–H and O–H groups in total. The molecule has 0 heterocycles. The van der Waals surface area contributed by atoms with Gasteiger partial charge in [0.15, 0.2) is 17.2 Å². The van der Waals surface area contributed by atoms with Crippen LogP contribution in [0, 0.1) is 0 Å². The lowest BCUT2D eigenvalue weighted by atomic mass is 10.1. The molecule has 10 nitrogen and oxygen atoms in total. The molecule has 3 rings (SSSR count). The van der Waals surface area contributed by atoms with Crippen molar-refractivity contribution in [3.05, 3.63) is 80.2 Å². The molecule has 0 aromatic heterocycles. The number of nitrogens with zero attached hydrogens (tertiary/aromatic N) is 1. The third kappa shape index (κ3) is 7.33. The molecule has 0 bridgehead atoms. The van der Waals surface area contributed by atoms with E-state index >= 15 is 0 Å². The first-order valence-electron chi connectivity index (χ1n) is 10.9. The van der Waals surface area contributed by atoms with Crippen molar-refractivity contribution in [3.63, 3.8) is 0 Å². The summed E-state index contributed by atoms with van der Waals surface area (Å²) in [6.07, 6.45) is 1.32. The van der Waals surface area contributed by atoms with Crippen LogP contribution in [0.3, 0.4) is 0 Å². The second-order valence-electron chi connectivity index (χ2n) is 7.45. The lowest BCUT2D eigenvalue weighted by Gasteiger charge is -2.14. The van der Waals surface area contributed by atoms with Gasteiger partial charge in [0, 0.05) is 15.6 Å². The van der Waals surface area contributed by atoms with Gasteiger partial charge in [0.25, 0.3) is 11.8 Å². The highest BCUT2D eigenvalue weighted by Gasteiger charge is 2.18. The standard InChI is InChI=1S/C26H23Br2N3O7/c1-35-20-10-16(11-21(36-2)24(20)37-3)25(33)29-14-22(32)31-30-13-17-9-18(27)12-19(28)23(17)38-26(34)15-7-5-4-6-8-15/h4-13H,14H2,1-3H3,(H,29,33)(H,31,32). The Morgan fingerprint density at radius 2 is 1.53 bits per heavy atom. The van der Waals surface area contributed by atoms with E-state index in [1.54, 1.807) is 42.5 Å². The summed E-state index contributed by atoms with van der Waals surface area (Å²) in [6, 6.07) is 14.8. The van der Waals surface area contributed by atoms with Gasteiger partial charge in [-0.15, -0.1) is 0 Å². The first-order chi connectivity index (χ1) is 18.3. The van der Waals surface area contributed by atoms with E-state index in [4.69, 9.17) is 18.9 Å². The van der Waals surface area contributed by atoms with Gasteiger partial charge >= 0.3 is 5.97 Å². The largest absolute Gasteiger partial charge is 0.493 e. The van der Waals surface area contributed by atoms with Crippen LogP contribution in [0.25, 0.3) is 0 Å². The van der Waals surface area contributed by atoms with Crippen molar-refractivity contribution >= 4 is 55.9 Å². The highest BCUT2D eigenvalue weighted by atomic mass is 79.9. The average Bonchev–Trinajstić information content (AvgIpc) is 2.92. The molecule has 0 aliphatic rings. The molecular formula is C26H23Br2N3O7. The Hall–Kier alpha value is -3.90. The van der Waals surface area contributed by atoms with E-state index in [9.17, 15) is 14.4 Å². The summed E-state index contributed by atoms with van der Waals surface area (Å²) < 4.78 is 22.5. The molecule has 0 atom stereocenters. The number of hydrogen-bond donors (Lipinski definition) is 2. The molecule has 0 aliphatic carbocycles. The third-order valence-electron chi connectivity index (χ3n) is 4.97. The second-order valence-corrected chi connectivity index (χ2v) is 9.22. The highest BCUT2D eigenvalue weighted by molar-refractivity contribution is 9.11. The zero-order chi connectivity index (χ0) is 27.7. The molecule has 0 unspecified atom stereocenters. The van der Waals surface area contributed by atoms with E-state index in [0.717, 1.165) is 0 Å². The Bertz CT molecular complexity index is 1340. The molecule has 3 aromatic carbocycles. The Kier molecular flexibility index (Phi) is 10.3. The molecule has 2 amide bonds. The number of nitrogens with one attached hydrogen (secondary N) is 2. The number of amides is 2. The monoisotopic (exact) mass is 647 g/mol. The van der Waals surface area contributed by atoms with Crippen molar-refractivity contribution in [2.45, 2.75) is 0 Å². The zero-order valence-corrected chi connectivity index (χ0v) is 23.7. The number of hydrazone groups is 1. The lowest BCUT2D eigenvalue weighted by Crippen LogP contribution is -2.35. The Morgan fingerprint density at radius 1 is 0.868 bits per heavy atom. The summed E-state index contributed by atoms with van der Waals surface area (Å²) in [5.41, 5.74) is 3.33. The minimum atomic E-state index is -0.584. The quantitative estimate of drug-likeness (QED) is 0.145. The molecule has 0 spiro atoms. The van der Waals surface area contributed by atoms with Gasteiger partial charge in [-0.3, -0.25) is 9.59 Å². The number of ether oxygens (including phenoxy) is 4. The van der Waals surface area contributed by atoms with Gasteiger partial charge in [0.2, 0.25) is 5.75 Å². The fraction of sp³-hybridized carbons (Fsp3) is 0.154. The van der Waals surface area contributed by atoms with E-state index < -0.39 is 17.8 Å². The summed E-state index contributed by atoms with van der Waals surface area (Å²) >= 11 is 6.76. The van der Waals surface area contributed by atoms with E-state index in [2.05, 4.69) is 47.7 Å². The second kappa shape index (κ2) is 13.6. The number of rotatable bonds is 10. The van der Waals surface area contributed by atoms with Crippen LogP contribution in [0.1, 0.15) is 26.3 Å². The first-order valence-corrected chi connectivity index (χ1v) is 12.5. The highest BCUT2D eigenvalue weighted by Crippen LogP contribution is 2.38. The van der Waals surface area contributed by atoms with Crippen LogP contribution in [0.5, 0.6) is 23.0 Å². The smallest absolute Gasteiger partial charge is 0.343 e. The number of methoxy groups -OCH3 is 3. The number of esters is 1. The lowest BCUT2D eigenvalue weighted by molar-refractivity contribution is -0.120. The summed E-state index contributed by atoms with van der Waals surface area (Å²) in [5.74, 6) is -0.512. The summed E-state index contributed by atoms with van der Waals surface area (Å²) in [6.45, 7) is -0.356. The van der Waals surface area contributed by atoms with Crippen LogP contribution in [0.15, 0.2) is 68.6 Å². The van der Waals surface area contributed by atoms with Crippen LogP contribution in [0.4, 0.5) is 0 Å². The third-order valence-corrected chi connectivity index (χ3v) is 6.02. The maximum absolute atomic E-state index is 12.6. The predicted octanol–water partition coefficient (Wildman–Crippen LogP) is 4.34. The van der Waals surface area contributed by atoms with Gasteiger partial charge in [-0.2, -0.15) is 5.10 Å². The zero-order valence-electron chi connectivity index (χ0n) is 20.5. The number of benzene rings is 3. The fourth-order valence-electron chi connectivity index (χ4n) is 3.20. The average molecular weight is 649 g/mol. The van der Waals surface area contributed by atoms with Crippen molar-refractivity contribution in [1.82, 2.24) is 10.7 Å². The van der Waals surface area contributed by atoms with E-state index in [0.29, 0.717) is 37.3 Å². The number of carbonyl (C=O) groups is 3. The molecule has 0 saturated heterocycles. The maximum Gasteiger partial charge on any atom is 0.343 e. The van der Waals surface area contributed by atoms with Gasteiger partial charge < -0.3 is 24.3 Å². The van der Waals surface area contributed by atoms with Gasteiger partial charge in [-0.25, -0.2) is 10.2 Å². The van der Waals surface area contributed by atoms with Crippen molar-refractivity contribution < 1.29 is 33.3 Å². The minimum absolute atomic E-state index is 0.208. The Labute approximate surface area is 235 Å². The predicted molar refractivity (Wildman–Crippen MR) is 147 cm³/mol. The molecule has 3 aromatic rings. The molecule has 0 saturated carbocycles.